The third-order valence-electron chi connectivity index (χ3n) is 5.76. The van der Waals surface area contributed by atoms with Gasteiger partial charge in [0.25, 0.3) is 0 Å². The molecule has 3 aliphatic rings. The molecule has 21 heavy (non-hydrogen) atoms. The van der Waals surface area contributed by atoms with Gasteiger partial charge in [-0.05, 0) is 33.2 Å². The summed E-state index contributed by atoms with van der Waals surface area (Å²) in [6.07, 6.45) is 3.99. The lowest BCUT2D eigenvalue weighted by Gasteiger charge is -2.54. The van der Waals surface area contributed by atoms with E-state index in [0.717, 1.165) is 19.1 Å². The molecule has 1 heterocycles. The molecule has 2 saturated carbocycles. The molecule has 1 aliphatic heterocycles. The van der Waals surface area contributed by atoms with E-state index in [9.17, 15) is 4.79 Å². The maximum Gasteiger partial charge on any atom is 0.315 e. The Hall–Kier alpha value is -0.810. The second-order valence-electron chi connectivity index (χ2n) is 7.64. The van der Waals surface area contributed by atoms with Gasteiger partial charge in [0.2, 0.25) is 0 Å². The van der Waals surface area contributed by atoms with Gasteiger partial charge < -0.3 is 15.4 Å². The summed E-state index contributed by atoms with van der Waals surface area (Å²) in [6, 6.07) is 1.32. The summed E-state index contributed by atoms with van der Waals surface area (Å²) < 4.78 is 5.76. The topological polar surface area (TPSA) is 53.6 Å². The van der Waals surface area contributed by atoms with Gasteiger partial charge >= 0.3 is 6.03 Å². The first-order valence-electron chi connectivity index (χ1n) is 8.29. The first-order chi connectivity index (χ1) is 9.91. The van der Waals surface area contributed by atoms with E-state index in [2.05, 4.69) is 43.4 Å². The predicted octanol–water partition coefficient (Wildman–Crippen LogP) is 1.58. The maximum absolute atomic E-state index is 12.2. The molecular weight excluding hydrogens is 266 g/mol. The van der Waals surface area contributed by atoms with Crippen LogP contribution in [-0.4, -0.2) is 55.4 Å². The average Bonchev–Trinajstić information content (AvgIpc) is 3.19. The molecule has 4 unspecified atom stereocenters. The molecule has 0 bridgehead atoms. The van der Waals surface area contributed by atoms with Crippen LogP contribution in [0.25, 0.3) is 0 Å². The molecule has 0 aromatic heterocycles. The van der Waals surface area contributed by atoms with E-state index in [-0.39, 0.29) is 17.5 Å². The van der Waals surface area contributed by atoms with Crippen LogP contribution in [0, 0.1) is 11.3 Å². The van der Waals surface area contributed by atoms with Crippen LogP contribution in [0.2, 0.25) is 0 Å². The van der Waals surface area contributed by atoms with Crippen molar-refractivity contribution in [1.29, 1.82) is 0 Å². The van der Waals surface area contributed by atoms with Crippen LogP contribution in [0.5, 0.6) is 0 Å². The molecule has 2 N–H and O–H groups in total. The highest BCUT2D eigenvalue weighted by Crippen LogP contribution is 2.52. The Morgan fingerprint density at radius 3 is 2.76 bits per heavy atom. The van der Waals surface area contributed by atoms with Gasteiger partial charge in [0.05, 0.1) is 6.10 Å². The Bertz CT molecular complexity index is 408. The summed E-state index contributed by atoms with van der Waals surface area (Å²) >= 11 is 0. The fourth-order valence-electron chi connectivity index (χ4n) is 4.04. The van der Waals surface area contributed by atoms with Crippen LogP contribution in [0.15, 0.2) is 0 Å². The van der Waals surface area contributed by atoms with E-state index in [1.54, 1.807) is 0 Å². The van der Waals surface area contributed by atoms with Gasteiger partial charge in [-0.25, -0.2) is 4.79 Å². The lowest BCUT2D eigenvalue weighted by atomic mass is 9.57. The van der Waals surface area contributed by atoms with E-state index in [1.807, 2.05) is 0 Å². The summed E-state index contributed by atoms with van der Waals surface area (Å²) in [5.74, 6) is 0.498. The number of hydrogen-bond donors (Lipinski definition) is 2. The minimum Gasteiger partial charge on any atom is -0.377 e. The lowest BCUT2D eigenvalue weighted by Crippen LogP contribution is -2.67. The monoisotopic (exact) mass is 295 g/mol. The Morgan fingerprint density at radius 1 is 1.38 bits per heavy atom. The zero-order chi connectivity index (χ0) is 15.2. The fourth-order valence-corrected chi connectivity index (χ4v) is 4.04. The number of urea groups is 1. The van der Waals surface area contributed by atoms with E-state index >= 15 is 0 Å². The third kappa shape index (κ3) is 2.78. The molecule has 5 nitrogen and oxygen atoms in total. The summed E-state index contributed by atoms with van der Waals surface area (Å²) in [4.78, 5) is 14.5. The number of hydrogen-bond acceptors (Lipinski definition) is 3. The molecule has 3 fully saturated rings. The van der Waals surface area contributed by atoms with Crippen molar-refractivity contribution in [2.24, 2.45) is 11.3 Å². The summed E-state index contributed by atoms with van der Waals surface area (Å²) in [5, 5.41) is 6.20. The molecular formula is C16H29N3O2. The van der Waals surface area contributed by atoms with Crippen molar-refractivity contribution in [3.63, 3.8) is 0 Å². The second-order valence-corrected chi connectivity index (χ2v) is 7.64. The van der Waals surface area contributed by atoms with Gasteiger partial charge in [0.15, 0.2) is 0 Å². The van der Waals surface area contributed by atoms with Crippen LogP contribution >= 0.6 is 0 Å². The van der Waals surface area contributed by atoms with Gasteiger partial charge in [-0.1, -0.05) is 13.8 Å². The Balaban J connectivity index is 1.44. The number of carbonyl (C=O) groups excluding carboxylic acids is 1. The van der Waals surface area contributed by atoms with Gasteiger partial charge in [-0.3, -0.25) is 4.90 Å². The van der Waals surface area contributed by atoms with Crippen molar-refractivity contribution in [2.45, 2.75) is 64.3 Å². The zero-order valence-corrected chi connectivity index (χ0v) is 13.7. The number of nitrogens with one attached hydrogen (secondary N) is 2. The highest BCUT2D eigenvalue weighted by molar-refractivity contribution is 5.74. The SMILES string of the molecule is CC(CNC(=O)NC1C2CCOC2C1(C)C)N(C)C1CC1. The first kappa shape index (κ1) is 15.1. The van der Waals surface area contributed by atoms with Crippen molar-refractivity contribution in [1.82, 2.24) is 15.5 Å². The molecule has 5 heteroatoms. The Morgan fingerprint density at radius 2 is 2.10 bits per heavy atom. The number of nitrogens with zero attached hydrogens (tertiary/aromatic N) is 1. The number of likely N-dealkylation sites (N-methyl/N-ethyl adjacent to an activating group) is 1. The van der Waals surface area contributed by atoms with E-state index in [4.69, 9.17) is 4.74 Å². The van der Waals surface area contributed by atoms with E-state index in [0.29, 0.717) is 24.6 Å². The van der Waals surface area contributed by atoms with Crippen molar-refractivity contribution >= 4 is 6.03 Å². The van der Waals surface area contributed by atoms with Crippen LogP contribution in [0.3, 0.4) is 0 Å². The average molecular weight is 295 g/mol. The van der Waals surface area contributed by atoms with Crippen LogP contribution < -0.4 is 10.6 Å². The van der Waals surface area contributed by atoms with Crippen LogP contribution in [-0.2, 0) is 4.74 Å². The first-order valence-corrected chi connectivity index (χ1v) is 8.29. The summed E-state index contributed by atoms with van der Waals surface area (Å²) in [5.41, 5.74) is 0.0505. The van der Waals surface area contributed by atoms with Gasteiger partial charge in [-0.15, -0.1) is 0 Å². The minimum absolute atomic E-state index is 0.0329. The molecule has 2 aliphatic carbocycles. The van der Waals surface area contributed by atoms with Crippen molar-refractivity contribution < 1.29 is 9.53 Å². The molecule has 0 aromatic carbocycles. The second kappa shape index (κ2) is 5.43. The Kier molecular flexibility index (Phi) is 3.91. The number of carbonyl (C=O) groups is 1. The summed E-state index contributed by atoms with van der Waals surface area (Å²) in [6.45, 7) is 8.09. The van der Waals surface area contributed by atoms with Crippen LogP contribution in [0.4, 0.5) is 4.79 Å². The van der Waals surface area contributed by atoms with E-state index in [1.165, 1.54) is 12.8 Å². The fraction of sp³-hybridized carbons (Fsp3) is 0.938. The van der Waals surface area contributed by atoms with E-state index < -0.39 is 0 Å². The molecule has 4 atom stereocenters. The Labute approximate surface area is 127 Å². The maximum atomic E-state index is 12.2. The number of amides is 2. The molecule has 0 aromatic rings. The molecule has 1 saturated heterocycles. The number of ether oxygens (including phenoxy) is 1. The highest BCUT2D eigenvalue weighted by Gasteiger charge is 2.59. The molecule has 0 spiro atoms. The van der Waals surface area contributed by atoms with Gasteiger partial charge in [-0.2, -0.15) is 0 Å². The minimum atomic E-state index is -0.0329. The third-order valence-corrected chi connectivity index (χ3v) is 5.76. The normalized spacial score (nSPS) is 35.0. The molecule has 3 rings (SSSR count). The van der Waals surface area contributed by atoms with Crippen LogP contribution in [0.1, 0.15) is 40.0 Å². The smallest absolute Gasteiger partial charge is 0.315 e. The quantitative estimate of drug-likeness (QED) is 0.810. The number of fused-ring (bicyclic) bond motifs is 1. The molecule has 2 amide bonds. The van der Waals surface area contributed by atoms with Crippen molar-refractivity contribution in [3.8, 4) is 0 Å². The number of rotatable bonds is 5. The zero-order valence-electron chi connectivity index (χ0n) is 13.7. The van der Waals surface area contributed by atoms with Gasteiger partial charge in [0.1, 0.15) is 0 Å². The standard InChI is InChI=1S/C16H29N3O2/c1-10(19(4)11-5-6-11)9-17-15(20)18-13-12-7-8-21-14(12)16(13,2)3/h10-14H,5-9H2,1-4H3,(H2,17,18,20). The van der Waals surface area contributed by atoms with Gasteiger partial charge in [0, 0.05) is 42.6 Å². The van der Waals surface area contributed by atoms with Crippen molar-refractivity contribution in [2.75, 3.05) is 20.2 Å². The molecule has 120 valence electrons. The highest BCUT2D eigenvalue weighted by atomic mass is 16.5. The molecule has 0 radical (unpaired) electrons. The largest absolute Gasteiger partial charge is 0.377 e. The predicted molar refractivity (Wildman–Crippen MR) is 82.2 cm³/mol. The lowest BCUT2D eigenvalue weighted by molar-refractivity contribution is -0.108. The summed E-state index contributed by atoms with van der Waals surface area (Å²) in [7, 11) is 2.15. The van der Waals surface area contributed by atoms with Crippen molar-refractivity contribution in [3.05, 3.63) is 0 Å².